The molecule has 0 bridgehead atoms. The minimum Gasteiger partial charge on any atom is -0.477 e. The van der Waals surface area contributed by atoms with Crippen LogP contribution in [0.3, 0.4) is 0 Å². The summed E-state index contributed by atoms with van der Waals surface area (Å²) in [5, 5.41) is 14.1. The predicted molar refractivity (Wildman–Crippen MR) is 68.9 cm³/mol. The largest absolute Gasteiger partial charge is 0.477 e. The molecule has 0 unspecified atom stereocenters. The van der Waals surface area contributed by atoms with Crippen LogP contribution in [-0.4, -0.2) is 28.6 Å². The first-order valence-corrected chi connectivity index (χ1v) is 5.63. The van der Waals surface area contributed by atoms with E-state index in [9.17, 15) is 9.59 Å². The molecule has 2 amide bonds. The van der Waals surface area contributed by atoms with Crippen molar-refractivity contribution in [2.24, 2.45) is 0 Å². The number of carboxylic acid groups (broad SMARTS) is 1. The minimum atomic E-state index is -1.10. The zero-order valence-electron chi connectivity index (χ0n) is 10.4. The Kier molecular flexibility index (Phi) is 4.98. The molecule has 0 atom stereocenters. The standard InChI is InChI=1S/C12H17N3O3/c1-3-4-5-6-13-12(18)15-9-7-8(2)14-10(9)11(16)17/h3-4,7,14H,5-6H2,1-2H3,(H,16,17)(H2,13,15,18)/b4-3+. The summed E-state index contributed by atoms with van der Waals surface area (Å²) >= 11 is 0. The number of carbonyl (C=O) groups excluding carboxylic acids is 1. The molecule has 0 aromatic carbocycles. The number of hydrogen-bond donors (Lipinski definition) is 4. The average molecular weight is 251 g/mol. The minimum absolute atomic E-state index is 0.0175. The van der Waals surface area contributed by atoms with E-state index in [0.29, 0.717) is 12.2 Å². The molecule has 6 heteroatoms. The molecule has 1 rings (SSSR count). The van der Waals surface area contributed by atoms with Crippen molar-refractivity contribution in [2.45, 2.75) is 20.3 Å². The lowest BCUT2D eigenvalue weighted by atomic mass is 10.3. The van der Waals surface area contributed by atoms with Crippen LogP contribution in [-0.2, 0) is 0 Å². The average Bonchev–Trinajstić information content (AvgIpc) is 2.66. The number of aromatic carboxylic acids is 1. The number of urea groups is 1. The third-order valence-electron chi connectivity index (χ3n) is 2.25. The Bertz CT molecular complexity index is 463. The summed E-state index contributed by atoms with van der Waals surface area (Å²) in [5.74, 6) is -1.10. The molecule has 0 aliphatic heterocycles. The van der Waals surface area contributed by atoms with Gasteiger partial charge in [0.05, 0.1) is 5.69 Å². The van der Waals surface area contributed by atoms with Crippen molar-refractivity contribution in [2.75, 3.05) is 11.9 Å². The van der Waals surface area contributed by atoms with Crippen LogP contribution in [0.4, 0.5) is 10.5 Å². The molecule has 0 saturated carbocycles. The molecule has 0 aliphatic rings. The van der Waals surface area contributed by atoms with Crippen molar-refractivity contribution in [1.82, 2.24) is 10.3 Å². The molecule has 0 fully saturated rings. The summed E-state index contributed by atoms with van der Waals surface area (Å²) in [6, 6.07) is 1.16. The molecule has 0 aliphatic carbocycles. The number of aromatic amines is 1. The Morgan fingerprint density at radius 2 is 2.22 bits per heavy atom. The van der Waals surface area contributed by atoms with Crippen LogP contribution in [0.15, 0.2) is 18.2 Å². The number of aromatic nitrogens is 1. The summed E-state index contributed by atoms with van der Waals surface area (Å²) in [5.41, 5.74) is 0.927. The van der Waals surface area contributed by atoms with Gasteiger partial charge in [-0.05, 0) is 26.3 Å². The van der Waals surface area contributed by atoms with E-state index < -0.39 is 12.0 Å². The first-order valence-electron chi connectivity index (χ1n) is 5.63. The molecule has 0 spiro atoms. The van der Waals surface area contributed by atoms with Crippen LogP contribution in [0.1, 0.15) is 29.5 Å². The maximum atomic E-state index is 11.5. The fourth-order valence-electron chi connectivity index (χ4n) is 1.46. The molecular weight excluding hydrogens is 234 g/mol. The highest BCUT2D eigenvalue weighted by molar-refractivity contribution is 5.99. The highest BCUT2D eigenvalue weighted by atomic mass is 16.4. The van der Waals surface area contributed by atoms with E-state index in [1.807, 2.05) is 19.1 Å². The Hall–Kier alpha value is -2.24. The summed E-state index contributed by atoms with van der Waals surface area (Å²) in [4.78, 5) is 25.1. The van der Waals surface area contributed by atoms with Crippen molar-refractivity contribution in [1.29, 1.82) is 0 Å². The second-order valence-corrected chi connectivity index (χ2v) is 3.78. The second-order valence-electron chi connectivity index (χ2n) is 3.78. The number of hydrogen-bond acceptors (Lipinski definition) is 2. The summed E-state index contributed by atoms with van der Waals surface area (Å²) in [7, 11) is 0. The third kappa shape index (κ3) is 3.97. The van der Waals surface area contributed by atoms with Crippen LogP contribution >= 0.6 is 0 Å². The van der Waals surface area contributed by atoms with E-state index in [0.717, 1.165) is 6.42 Å². The summed E-state index contributed by atoms with van der Waals surface area (Å²) in [6.45, 7) is 4.13. The molecule has 98 valence electrons. The van der Waals surface area contributed by atoms with E-state index in [2.05, 4.69) is 15.6 Å². The van der Waals surface area contributed by atoms with Crippen LogP contribution < -0.4 is 10.6 Å². The monoisotopic (exact) mass is 251 g/mol. The highest BCUT2D eigenvalue weighted by Gasteiger charge is 2.14. The molecule has 1 aromatic heterocycles. The van der Waals surface area contributed by atoms with Gasteiger partial charge in [0.1, 0.15) is 5.69 Å². The Balaban J connectivity index is 2.56. The Labute approximate surface area is 105 Å². The van der Waals surface area contributed by atoms with Gasteiger partial charge in [-0.15, -0.1) is 0 Å². The van der Waals surface area contributed by atoms with Crippen LogP contribution in [0, 0.1) is 6.92 Å². The van der Waals surface area contributed by atoms with Crippen LogP contribution in [0.5, 0.6) is 0 Å². The second kappa shape index (κ2) is 6.48. The first-order chi connectivity index (χ1) is 8.54. The molecular formula is C12H17N3O3. The van der Waals surface area contributed by atoms with Gasteiger partial charge >= 0.3 is 12.0 Å². The number of carbonyl (C=O) groups is 2. The fourth-order valence-corrected chi connectivity index (χ4v) is 1.46. The number of anilines is 1. The normalized spacial score (nSPS) is 10.6. The number of rotatable bonds is 5. The number of carboxylic acids is 1. The van der Waals surface area contributed by atoms with Gasteiger partial charge < -0.3 is 20.7 Å². The van der Waals surface area contributed by atoms with Gasteiger partial charge in [0.15, 0.2) is 0 Å². The lowest BCUT2D eigenvalue weighted by molar-refractivity contribution is 0.0692. The lowest BCUT2D eigenvalue weighted by Crippen LogP contribution is -2.29. The molecule has 18 heavy (non-hydrogen) atoms. The number of allylic oxidation sites excluding steroid dienone is 1. The smallest absolute Gasteiger partial charge is 0.354 e. The number of H-pyrrole nitrogens is 1. The van der Waals surface area contributed by atoms with E-state index in [-0.39, 0.29) is 11.4 Å². The molecule has 6 nitrogen and oxygen atoms in total. The van der Waals surface area contributed by atoms with E-state index in [1.165, 1.54) is 0 Å². The van der Waals surface area contributed by atoms with Crippen molar-refractivity contribution in [3.05, 3.63) is 29.6 Å². The molecule has 1 aromatic rings. The van der Waals surface area contributed by atoms with Gasteiger partial charge in [-0.1, -0.05) is 12.2 Å². The highest BCUT2D eigenvalue weighted by Crippen LogP contribution is 2.16. The van der Waals surface area contributed by atoms with E-state index in [4.69, 9.17) is 5.11 Å². The molecule has 0 saturated heterocycles. The van der Waals surface area contributed by atoms with Gasteiger partial charge in [0.25, 0.3) is 0 Å². The van der Waals surface area contributed by atoms with E-state index in [1.54, 1.807) is 13.0 Å². The van der Waals surface area contributed by atoms with Gasteiger partial charge in [-0.25, -0.2) is 9.59 Å². The quantitative estimate of drug-likeness (QED) is 0.477. The zero-order valence-corrected chi connectivity index (χ0v) is 10.4. The van der Waals surface area contributed by atoms with Gasteiger partial charge in [0.2, 0.25) is 0 Å². The van der Waals surface area contributed by atoms with Gasteiger partial charge in [-0.3, -0.25) is 0 Å². The topological polar surface area (TPSA) is 94.2 Å². The van der Waals surface area contributed by atoms with Gasteiger partial charge in [0, 0.05) is 12.2 Å². The summed E-state index contributed by atoms with van der Waals surface area (Å²) in [6.07, 6.45) is 4.57. The number of nitrogens with one attached hydrogen (secondary N) is 3. The lowest BCUT2D eigenvalue weighted by Gasteiger charge is -2.05. The molecule has 4 N–H and O–H groups in total. The van der Waals surface area contributed by atoms with Crippen LogP contribution in [0.2, 0.25) is 0 Å². The van der Waals surface area contributed by atoms with Crippen molar-refractivity contribution in [3.8, 4) is 0 Å². The van der Waals surface area contributed by atoms with E-state index >= 15 is 0 Å². The third-order valence-corrected chi connectivity index (χ3v) is 2.25. The maximum absolute atomic E-state index is 11.5. The number of aryl methyl sites for hydroxylation is 1. The predicted octanol–water partition coefficient (Wildman–Crippen LogP) is 2.11. The van der Waals surface area contributed by atoms with Crippen molar-refractivity contribution < 1.29 is 14.7 Å². The zero-order chi connectivity index (χ0) is 13.5. The first kappa shape index (κ1) is 13.8. The Morgan fingerprint density at radius 1 is 1.50 bits per heavy atom. The fraction of sp³-hybridized carbons (Fsp3) is 0.333. The SMILES string of the molecule is C/C=C/CCNC(=O)Nc1cc(C)[nH]c1C(=O)O. The Morgan fingerprint density at radius 3 is 2.83 bits per heavy atom. The summed E-state index contributed by atoms with van der Waals surface area (Å²) < 4.78 is 0. The van der Waals surface area contributed by atoms with Crippen molar-refractivity contribution >= 4 is 17.7 Å². The maximum Gasteiger partial charge on any atom is 0.354 e. The number of amides is 2. The van der Waals surface area contributed by atoms with Crippen LogP contribution in [0.25, 0.3) is 0 Å². The van der Waals surface area contributed by atoms with Gasteiger partial charge in [-0.2, -0.15) is 0 Å². The molecule has 1 heterocycles. The van der Waals surface area contributed by atoms with Crippen molar-refractivity contribution in [3.63, 3.8) is 0 Å². The molecule has 0 radical (unpaired) electrons.